The minimum Gasteiger partial charge on any atom is -0.465 e. The van der Waals surface area contributed by atoms with Crippen molar-refractivity contribution in [3.63, 3.8) is 0 Å². The Kier molecular flexibility index (Phi) is 3.96. The minimum atomic E-state index is -0.352. The number of ether oxygens (including phenoxy) is 1. The third kappa shape index (κ3) is 2.48. The van der Waals surface area contributed by atoms with E-state index in [1.54, 1.807) is 12.1 Å². The molecule has 0 aliphatic rings. The summed E-state index contributed by atoms with van der Waals surface area (Å²) in [7, 11) is 1.36. The number of halogens is 1. The average molecular weight is 213 g/mol. The number of aryl methyl sites for hydroxylation is 1. The molecule has 0 bridgehead atoms. The molecule has 1 aromatic carbocycles. The smallest absolute Gasteiger partial charge is 0.337 e. The fourth-order valence-corrected chi connectivity index (χ4v) is 1.54. The highest BCUT2D eigenvalue weighted by Crippen LogP contribution is 2.19. The highest BCUT2D eigenvalue weighted by atomic mass is 35.5. The normalized spacial score (nSPS) is 9.93. The van der Waals surface area contributed by atoms with Crippen molar-refractivity contribution in [2.75, 3.05) is 7.11 Å². The predicted molar refractivity (Wildman–Crippen MR) is 56.8 cm³/mol. The van der Waals surface area contributed by atoms with Gasteiger partial charge in [0.05, 0.1) is 12.7 Å². The molecule has 0 unspecified atom stereocenters. The summed E-state index contributed by atoms with van der Waals surface area (Å²) >= 11 is 6.00. The fraction of sp³-hybridized carbons (Fsp3) is 0.364. The number of rotatable bonds is 3. The summed E-state index contributed by atoms with van der Waals surface area (Å²) in [6.45, 7) is 2.09. The second kappa shape index (κ2) is 5.01. The Morgan fingerprint density at radius 2 is 2.21 bits per heavy atom. The molecule has 0 fully saturated rings. The Labute approximate surface area is 88.8 Å². The highest BCUT2D eigenvalue weighted by Gasteiger charge is 2.07. The number of benzene rings is 1. The number of hydrogen-bond acceptors (Lipinski definition) is 2. The second-order valence-electron chi connectivity index (χ2n) is 3.05. The van der Waals surface area contributed by atoms with Gasteiger partial charge >= 0.3 is 5.97 Å². The average Bonchev–Trinajstić information content (AvgIpc) is 2.20. The summed E-state index contributed by atoms with van der Waals surface area (Å²) in [5.74, 6) is -0.352. The SMILES string of the molecule is CCCc1ccc(C(=O)OC)cc1Cl. The van der Waals surface area contributed by atoms with Crippen LogP contribution in [0, 0.1) is 0 Å². The lowest BCUT2D eigenvalue weighted by molar-refractivity contribution is 0.0600. The van der Waals surface area contributed by atoms with Crippen molar-refractivity contribution in [3.05, 3.63) is 34.3 Å². The van der Waals surface area contributed by atoms with Gasteiger partial charge in [0.15, 0.2) is 0 Å². The molecule has 0 spiro atoms. The van der Waals surface area contributed by atoms with Crippen LogP contribution >= 0.6 is 11.6 Å². The van der Waals surface area contributed by atoms with Gasteiger partial charge in [-0.25, -0.2) is 4.79 Å². The van der Waals surface area contributed by atoms with Gasteiger partial charge in [0, 0.05) is 5.02 Å². The molecule has 0 heterocycles. The van der Waals surface area contributed by atoms with Crippen LogP contribution in [0.5, 0.6) is 0 Å². The summed E-state index contributed by atoms with van der Waals surface area (Å²) in [4.78, 5) is 11.2. The van der Waals surface area contributed by atoms with Crippen molar-refractivity contribution < 1.29 is 9.53 Å². The van der Waals surface area contributed by atoms with Crippen molar-refractivity contribution in [2.24, 2.45) is 0 Å². The molecule has 3 heteroatoms. The Hall–Kier alpha value is -1.02. The maximum atomic E-state index is 11.2. The van der Waals surface area contributed by atoms with Crippen molar-refractivity contribution in [2.45, 2.75) is 19.8 Å². The number of esters is 1. The van der Waals surface area contributed by atoms with Gasteiger partial charge in [-0.15, -0.1) is 0 Å². The van der Waals surface area contributed by atoms with Gasteiger partial charge in [0.1, 0.15) is 0 Å². The molecule has 0 aliphatic heterocycles. The first-order valence-electron chi connectivity index (χ1n) is 4.55. The third-order valence-electron chi connectivity index (χ3n) is 1.99. The molecule has 0 atom stereocenters. The second-order valence-corrected chi connectivity index (χ2v) is 3.45. The van der Waals surface area contributed by atoms with Crippen LogP contribution in [0.25, 0.3) is 0 Å². The first kappa shape index (κ1) is 11.1. The Morgan fingerprint density at radius 1 is 1.50 bits per heavy atom. The summed E-state index contributed by atoms with van der Waals surface area (Å²) in [6.07, 6.45) is 1.97. The molecule has 76 valence electrons. The number of carbonyl (C=O) groups is 1. The molecule has 0 amide bonds. The summed E-state index contributed by atoms with van der Waals surface area (Å²) in [5.41, 5.74) is 1.57. The molecule has 0 radical (unpaired) electrons. The van der Waals surface area contributed by atoms with Gasteiger partial charge in [-0.2, -0.15) is 0 Å². The van der Waals surface area contributed by atoms with Gasteiger partial charge in [0.25, 0.3) is 0 Å². The number of carbonyl (C=O) groups excluding carboxylic acids is 1. The molecule has 0 N–H and O–H groups in total. The summed E-state index contributed by atoms with van der Waals surface area (Å²) < 4.78 is 4.59. The monoisotopic (exact) mass is 212 g/mol. The third-order valence-corrected chi connectivity index (χ3v) is 2.35. The minimum absolute atomic E-state index is 0.352. The lowest BCUT2D eigenvalue weighted by Crippen LogP contribution is -2.01. The van der Waals surface area contributed by atoms with E-state index >= 15 is 0 Å². The topological polar surface area (TPSA) is 26.3 Å². The van der Waals surface area contributed by atoms with E-state index in [2.05, 4.69) is 11.7 Å². The molecule has 2 nitrogen and oxygen atoms in total. The van der Waals surface area contributed by atoms with Crippen molar-refractivity contribution in [3.8, 4) is 0 Å². The maximum absolute atomic E-state index is 11.2. The van der Waals surface area contributed by atoms with Crippen LogP contribution in [-0.2, 0) is 11.2 Å². The van der Waals surface area contributed by atoms with Crippen LogP contribution in [0.1, 0.15) is 29.3 Å². The summed E-state index contributed by atoms with van der Waals surface area (Å²) in [5, 5.41) is 0.634. The molecule has 0 saturated heterocycles. The summed E-state index contributed by atoms with van der Waals surface area (Å²) in [6, 6.07) is 5.26. The molecule has 14 heavy (non-hydrogen) atoms. The standard InChI is InChI=1S/C11H13ClO2/c1-3-4-8-5-6-9(7-10(8)12)11(13)14-2/h5-7H,3-4H2,1-2H3. The van der Waals surface area contributed by atoms with Crippen LogP contribution < -0.4 is 0 Å². The lowest BCUT2D eigenvalue weighted by atomic mass is 10.1. The number of hydrogen-bond donors (Lipinski definition) is 0. The lowest BCUT2D eigenvalue weighted by Gasteiger charge is -2.04. The van der Waals surface area contributed by atoms with Crippen LogP contribution in [0.4, 0.5) is 0 Å². The van der Waals surface area contributed by atoms with Gasteiger partial charge in [-0.3, -0.25) is 0 Å². The van der Waals surface area contributed by atoms with Gasteiger partial charge in [-0.05, 0) is 24.1 Å². The zero-order valence-corrected chi connectivity index (χ0v) is 9.10. The van der Waals surface area contributed by atoms with E-state index in [1.807, 2.05) is 6.07 Å². The fourth-order valence-electron chi connectivity index (χ4n) is 1.26. The highest BCUT2D eigenvalue weighted by molar-refractivity contribution is 6.31. The van der Waals surface area contributed by atoms with Crippen molar-refractivity contribution in [1.82, 2.24) is 0 Å². The maximum Gasteiger partial charge on any atom is 0.337 e. The van der Waals surface area contributed by atoms with Crippen LogP contribution in [0.15, 0.2) is 18.2 Å². The largest absolute Gasteiger partial charge is 0.465 e. The zero-order valence-electron chi connectivity index (χ0n) is 8.34. The van der Waals surface area contributed by atoms with Gasteiger partial charge < -0.3 is 4.74 Å². The van der Waals surface area contributed by atoms with Crippen molar-refractivity contribution >= 4 is 17.6 Å². The predicted octanol–water partition coefficient (Wildman–Crippen LogP) is 3.08. The van der Waals surface area contributed by atoms with Crippen molar-refractivity contribution in [1.29, 1.82) is 0 Å². The molecule has 0 aliphatic carbocycles. The van der Waals surface area contributed by atoms with Gasteiger partial charge in [-0.1, -0.05) is 31.0 Å². The van der Waals surface area contributed by atoms with E-state index in [1.165, 1.54) is 7.11 Å². The van der Waals surface area contributed by atoms with E-state index in [0.717, 1.165) is 18.4 Å². The first-order chi connectivity index (χ1) is 6.69. The Morgan fingerprint density at radius 3 is 2.71 bits per heavy atom. The Balaban J connectivity index is 2.94. The molecular weight excluding hydrogens is 200 g/mol. The van der Waals surface area contributed by atoms with E-state index in [0.29, 0.717) is 10.6 Å². The van der Waals surface area contributed by atoms with Crippen LogP contribution in [0.3, 0.4) is 0 Å². The van der Waals surface area contributed by atoms with E-state index in [4.69, 9.17) is 11.6 Å². The van der Waals surface area contributed by atoms with Gasteiger partial charge in [0.2, 0.25) is 0 Å². The molecular formula is C11H13ClO2. The molecule has 0 aromatic heterocycles. The van der Waals surface area contributed by atoms with Crippen LogP contribution in [-0.4, -0.2) is 13.1 Å². The van der Waals surface area contributed by atoms with E-state index in [9.17, 15) is 4.79 Å². The molecule has 0 saturated carbocycles. The van der Waals surface area contributed by atoms with E-state index < -0.39 is 0 Å². The van der Waals surface area contributed by atoms with Crippen LogP contribution in [0.2, 0.25) is 5.02 Å². The zero-order chi connectivity index (χ0) is 10.6. The quantitative estimate of drug-likeness (QED) is 0.720. The Bertz CT molecular complexity index is 334. The van der Waals surface area contributed by atoms with E-state index in [-0.39, 0.29) is 5.97 Å². The molecule has 1 rings (SSSR count). The first-order valence-corrected chi connectivity index (χ1v) is 4.93. The molecule has 1 aromatic rings. The number of methoxy groups -OCH3 is 1.